The van der Waals surface area contributed by atoms with Crippen LogP contribution in [0, 0.1) is 0 Å². The maximum absolute atomic E-state index is 12.3. The van der Waals surface area contributed by atoms with Crippen molar-refractivity contribution >= 4 is 17.3 Å². The first kappa shape index (κ1) is 22.1. The highest BCUT2D eigenvalue weighted by atomic mass is 19.4. The maximum atomic E-state index is 12.3. The van der Waals surface area contributed by atoms with E-state index in [9.17, 15) is 13.2 Å². The average Bonchev–Trinajstić information content (AvgIpc) is 3.33. The fourth-order valence-corrected chi connectivity index (χ4v) is 3.15. The second-order valence-electron chi connectivity index (χ2n) is 6.95. The van der Waals surface area contributed by atoms with Crippen molar-refractivity contribution in [2.75, 3.05) is 16.9 Å². The Bertz CT molecular complexity index is 1180. The second-order valence-corrected chi connectivity index (χ2v) is 6.95. The van der Waals surface area contributed by atoms with Crippen LogP contribution < -0.4 is 15.1 Å². The Morgan fingerprint density at radius 1 is 1.03 bits per heavy atom. The minimum Gasteiger partial charge on any atom is -0.406 e. The number of aromatic nitrogens is 5. The molecule has 0 fully saturated rings. The highest BCUT2D eigenvalue weighted by Crippen LogP contribution is 2.27. The Balaban J connectivity index is 1.54. The fourth-order valence-electron chi connectivity index (χ4n) is 3.15. The van der Waals surface area contributed by atoms with Crippen LogP contribution in [0.25, 0.3) is 11.3 Å². The zero-order valence-corrected chi connectivity index (χ0v) is 17.6. The molecule has 0 saturated carbocycles. The molecule has 0 spiro atoms. The second kappa shape index (κ2) is 9.55. The van der Waals surface area contributed by atoms with E-state index in [-0.39, 0.29) is 5.75 Å². The van der Waals surface area contributed by atoms with Crippen LogP contribution in [0.3, 0.4) is 0 Å². The largest absolute Gasteiger partial charge is 0.573 e. The van der Waals surface area contributed by atoms with Gasteiger partial charge in [0.1, 0.15) is 30.0 Å². The summed E-state index contributed by atoms with van der Waals surface area (Å²) in [6.45, 7) is 2.83. The SMILES string of the molecule is CCCN(c1cc(-c2cc(Nc3ccc(OC(F)(F)F)cc3)ncn2)ccn1)n1ccnc1. The number of nitrogens with zero attached hydrogens (tertiary/aromatic N) is 6. The summed E-state index contributed by atoms with van der Waals surface area (Å²) in [4.78, 5) is 17.1. The molecule has 0 saturated heterocycles. The normalized spacial score (nSPS) is 11.3. The number of rotatable bonds is 8. The molecule has 0 aliphatic heterocycles. The first-order valence-corrected chi connectivity index (χ1v) is 10.1. The summed E-state index contributed by atoms with van der Waals surface area (Å²) in [6, 6.07) is 10.9. The molecular weight excluding hydrogens is 435 g/mol. The Morgan fingerprint density at radius 3 is 2.55 bits per heavy atom. The van der Waals surface area contributed by atoms with E-state index in [0.717, 1.165) is 24.3 Å². The fraction of sp³-hybridized carbons (Fsp3) is 0.182. The molecule has 170 valence electrons. The molecule has 1 N–H and O–H groups in total. The first-order chi connectivity index (χ1) is 15.9. The number of nitrogens with one attached hydrogen (secondary N) is 1. The van der Waals surface area contributed by atoms with Crippen molar-refractivity contribution in [2.45, 2.75) is 19.7 Å². The number of pyridine rings is 1. The van der Waals surface area contributed by atoms with E-state index in [1.54, 1.807) is 24.8 Å². The summed E-state index contributed by atoms with van der Waals surface area (Å²) < 4.78 is 42.7. The van der Waals surface area contributed by atoms with Gasteiger partial charge in [-0.1, -0.05) is 6.92 Å². The molecule has 0 atom stereocenters. The van der Waals surface area contributed by atoms with Gasteiger partial charge in [-0.25, -0.2) is 24.6 Å². The summed E-state index contributed by atoms with van der Waals surface area (Å²) in [7, 11) is 0. The third kappa shape index (κ3) is 5.76. The molecule has 3 heterocycles. The molecule has 0 aliphatic rings. The minimum absolute atomic E-state index is 0.296. The summed E-state index contributed by atoms with van der Waals surface area (Å²) in [6.07, 6.45) is 4.57. The molecule has 4 rings (SSSR count). The predicted octanol–water partition coefficient (Wildman–Crippen LogP) is 5.06. The zero-order valence-electron chi connectivity index (χ0n) is 17.6. The van der Waals surface area contributed by atoms with Gasteiger partial charge in [0.05, 0.1) is 5.69 Å². The zero-order chi connectivity index (χ0) is 23.3. The van der Waals surface area contributed by atoms with E-state index >= 15 is 0 Å². The highest BCUT2D eigenvalue weighted by Gasteiger charge is 2.30. The van der Waals surface area contributed by atoms with Crippen LogP contribution in [0.1, 0.15) is 13.3 Å². The number of anilines is 3. The number of alkyl halides is 3. The van der Waals surface area contributed by atoms with Crippen LogP contribution in [0.5, 0.6) is 5.75 Å². The van der Waals surface area contributed by atoms with Crippen LogP contribution in [0.2, 0.25) is 0 Å². The molecule has 1 aromatic carbocycles. The topological polar surface area (TPSA) is 81.0 Å². The van der Waals surface area contributed by atoms with Crippen LogP contribution in [-0.2, 0) is 0 Å². The molecule has 0 amide bonds. The van der Waals surface area contributed by atoms with Gasteiger partial charge in [0.2, 0.25) is 0 Å². The van der Waals surface area contributed by atoms with Crippen LogP contribution in [-0.4, -0.2) is 37.5 Å². The molecule has 0 aliphatic carbocycles. The van der Waals surface area contributed by atoms with E-state index in [1.807, 2.05) is 28.0 Å². The number of halogens is 3. The lowest BCUT2D eigenvalue weighted by molar-refractivity contribution is -0.274. The number of imidazole rings is 1. The minimum atomic E-state index is -4.73. The monoisotopic (exact) mass is 455 g/mol. The predicted molar refractivity (Wildman–Crippen MR) is 117 cm³/mol. The van der Waals surface area contributed by atoms with Crippen molar-refractivity contribution in [3.05, 3.63) is 73.7 Å². The molecule has 4 aromatic rings. The Kier molecular flexibility index (Phi) is 6.38. The van der Waals surface area contributed by atoms with Crippen molar-refractivity contribution in [2.24, 2.45) is 0 Å². The van der Waals surface area contributed by atoms with Crippen molar-refractivity contribution in [1.29, 1.82) is 0 Å². The van der Waals surface area contributed by atoms with Crippen molar-refractivity contribution < 1.29 is 17.9 Å². The van der Waals surface area contributed by atoms with Crippen LogP contribution in [0.15, 0.2) is 73.7 Å². The van der Waals surface area contributed by atoms with Crippen molar-refractivity contribution in [3.8, 4) is 17.0 Å². The molecule has 33 heavy (non-hydrogen) atoms. The van der Waals surface area contributed by atoms with E-state index in [1.165, 1.54) is 30.6 Å². The quantitative estimate of drug-likeness (QED) is 0.398. The molecule has 0 radical (unpaired) electrons. The van der Waals surface area contributed by atoms with Gasteiger partial charge in [-0.3, -0.25) is 5.01 Å². The summed E-state index contributed by atoms with van der Waals surface area (Å²) >= 11 is 0. The van der Waals surface area contributed by atoms with Gasteiger partial charge in [-0.05, 0) is 42.8 Å². The average molecular weight is 455 g/mol. The third-order valence-electron chi connectivity index (χ3n) is 4.54. The van der Waals surface area contributed by atoms with E-state index < -0.39 is 6.36 Å². The smallest absolute Gasteiger partial charge is 0.406 e. The molecule has 0 unspecified atom stereocenters. The molecule has 3 aromatic heterocycles. The van der Waals surface area contributed by atoms with Gasteiger partial charge < -0.3 is 10.1 Å². The van der Waals surface area contributed by atoms with Crippen LogP contribution in [0.4, 0.5) is 30.5 Å². The number of hydrogen-bond donors (Lipinski definition) is 1. The summed E-state index contributed by atoms with van der Waals surface area (Å²) in [5.74, 6) is 0.930. The molecule has 0 bridgehead atoms. The third-order valence-corrected chi connectivity index (χ3v) is 4.54. The van der Waals surface area contributed by atoms with Gasteiger partial charge in [0.15, 0.2) is 0 Å². The number of benzene rings is 1. The standard InChI is InChI=1S/C22H20F3N7O/c1-2-10-32(31-11-9-26-15-31)21-12-16(7-8-27-21)19-13-20(29-14-28-19)30-17-3-5-18(6-4-17)33-22(23,24)25/h3-9,11-15H,2,10H2,1H3,(H,28,29,30). The van der Waals surface area contributed by atoms with Crippen molar-refractivity contribution in [1.82, 2.24) is 24.6 Å². The summed E-state index contributed by atoms with van der Waals surface area (Å²) in [5.41, 5.74) is 2.05. The molecular formula is C22H20F3N7O. The highest BCUT2D eigenvalue weighted by molar-refractivity contribution is 5.67. The summed E-state index contributed by atoms with van der Waals surface area (Å²) in [5, 5.41) is 5.06. The van der Waals surface area contributed by atoms with Crippen LogP contribution >= 0.6 is 0 Å². The lowest BCUT2D eigenvalue weighted by Gasteiger charge is -2.24. The Hall–Kier alpha value is -4.15. The molecule has 11 heteroatoms. The van der Waals surface area contributed by atoms with E-state index in [2.05, 4.69) is 36.9 Å². The number of ether oxygens (including phenoxy) is 1. The van der Waals surface area contributed by atoms with E-state index in [0.29, 0.717) is 17.2 Å². The number of hydrogen-bond acceptors (Lipinski definition) is 7. The van der Waals surface area contributed by atoms with Gasteiger partial charge in [-0.15, -0.1) is 13.2 Å². The lowest BCUT2D eigenvalue weighted by Crippen LogP contribution is -2.29. The van der Waals surface area contributed by atoms with Gasteiger partial charge in [0, 0.05) is 42.5 Å². The van der Waals surface area contributed by atoms with Gasteiger partial charge in [-0.2, -0.15) is 0 Å². The first-order valence-electron chi connectivity index (χ1n) is 10.1. The maximum Gasteiger partial charge on any atom is 0.573 e. The Morgan fingerprint density at radius 2 is 1.85 bits per heavy atom. The molecule has 8 nitrogen and oxygen atoms in total. The Labute approximate surface area is 187 Å². The lowest BCUT2D eigenvalue weighted by atomic mass is 10.2. The van der Waals surface area contributed by atoms with Gasteiger partial charge >= 0.3 is 6.36 Å². The van der Waals surface area contributed by atoms with E-state index in [4.69, 9.17) is 0 Å². The van der Waals surface area contributed by atoms with Gasteiger partial charge in [0.25, 0.3) is 0 Å². The van der Waals surface area contributed by atoms with Crippen molar-refractivity contribution in [3.63, 3.8) is 0 Å².